The number of esters is 1. The summed E-state index contributed by atoms with van der Waals surface area (Å²) >= 11 is 0. The van der Waals surface area contributed by atoms with Crippen LogP contribution in [0.5, 0.6) is 0 Å². The summed E-state index contributed by atoms with van der Waals surface area (Å²) in [7, 11) is -2.36. The molecule has 0 spiro atoms. The standard InChI is InChI=1S/C21H27N3O5S/c1-4-15-8-6-9-16(12-15)22-20(25)18-10-7-11-24(18)30(27,28)17-13-19(23(3)14-17)21(26)29-5-2/h6,8-9,12-14,18H,4-5,7,10-11H2,1-3H3,(H,22,25)/t18-/m0/s1. The molecule has 30 heavy (non-hydrogen) atoms. The predicted octanol–water partition coefficient (Wildman–Crippen LogP) is 2.56. The van der Waals surface area contributed by atoms with Crippen LogP contribution in [-0.4, -0.2) is 48.4 Å². The Morgan fingerprint density at radius 1 is 1.23 bits per heavy atom. The number of aromatic nitrogens is 1. The minimum Gasteiger partial charge on any atom is -0.461 e. The maximum absolute atomic E-state index is 13.2. The third-order valence-corrected chi connectivity index (χ3v) is 7.05. The van der Waals surface area contributed by atoms with Gasteiger partial charge < -0.3 is 14.6 Å². The zero-order chi connectivity index (χ0) is 21.9. The Hall–Kier alpha value is -2.65. The van der Waals surface area contributed by atoms with E-state index in [2.05, 4.69) is 5.32 Å². The number of carbonyl (C=O) groups is 2. The van der Waals surface area contributed by atoms with Gasteiger partial charge in [-0.2, -0.15) is 4.31 Å². The second kappa shape index (κ2) is 9.01. The number of anilines is 1. The monoisotopic (exact) mass is 433 g/mol. The summed E-state index contributed by atoms with van der Waals surface area (Å²) in [6.07, 6.45) is 3.24. The number of amides is 1. The van der Waals surface area contributed by atoms with E-state index in [0.29, 0.717) is 18.5 Å². The van der Waals surface area contributed by atoms with Crippen molar-refractivity contribution in [3.8, 4) is 0 Å². The molecule has 0 aliphatic carbocycles. The molecule has 8 nitrogen and oxygen atoms in total. The smallest absolute Gasteiger partial charge is 0.354 e. The largest absolute Gasteiger partial charge is 0.461 e. The third-order valence-electron chi connectivity index (χ3n) is 5.18. The zero-order valence-corrected chi connectivity index (χ0v) is 18.2. The Labute approximate surface area is 176 Å². The summed E-state index contributed by atoms with van der Waals surface area (Å²) in [5.41, 5.74) is 1.87. The molecule has 1 fully saturated rings. The highest BCUT2D eigenvalue weighted by molar-refractivity contribution is 7.89. The van der Waals surface area contributed by atoms with Crippen molar-refractivity contribution in [2.45, 2.75) is 44.0 Å². The van der Waals surface area contributed by atoms with Gasteiger partial charge in [-0.3, -0.25) is 4.79 Å². The Morgan fingerprint density at radius 2 is 2.00 bits per heavy atom. The number of carbonyl (C=O) groups excluding carboxylic acids is 2. The molecular formula is C21H27N3O5S. The van der Waals surface area contributed by atoms with E-state index in [-0.39, 0.29) is 29.6 Å². The van der Waals surface area contributed by atoms with E-state index in [1.54, 1.807) is 20.0 Å². The van der Waals surface area contributed by atoms with Gasteiger partial charge in [0.1, 0.15) is 16.6 Å². The molecule has 1 N–H and O–H groups in total. The van der Waals surface area contributed by atoms with Crippen LogP contribution in [0.4, 0.5) is 5.69 Å². The number of ether oxygens (including phenoxy) is 1. The fourth-order valence-electron chi connectivity index (χ4n) is 3.60. The van der Waals surface area contributed by atoms with Crippen molar-refractivity contribution in [2.24, 2.45) is 7.05 Å². The van der Waals surface area contributed by atoms with Crippen LogP contribution in [0.3, 0.4) is 0 Å². The third kappa shape index (κ3) is 4.41. The van der Waals surface area contributed by atoms with E-state index in [1.165, 1.54) is 21.1 Å². The molecule has 1 atom stereocenters. The van der Waals surface area contributed by atoms with Crippen LogP contribution >= 0.6 is 0 Å². The lowest BCUT2D eigenvalue weighted by Crippen LogP contribution is -2.43. The normalized spacial score (nSPS) is 17.1. The average molecular weight is 434 g/mol. The first-order chi connectivity index (χ1) is 14.3. The van der Waals surface area contributed by atoms with Gasteiger partial charge in [-0.15, -0.1) is 0 Å². The lowest BCUT2D eigenvalue weighted by Gasteiger charge is -2.23. The number of benzene rings is 1. The number of hydrogen-bond donors (Lipinski definition) is 1. The SMILES string of the molecule is CCOC(=O)c1cc(S(=O)(=O)N2CCC[C@H]2C(=O)Nc2cccc(CC)c2)cn1C. The van der Waals surface area contributed by atoms with E-state index >= 15 is 0 Å². The quantitative estimate of drug-likeness (QED) is 0.677. The van der Waals surface area contributed by atoms with E-state index in [9.17, 15) is 18.0 Å². The fourth-order valence-corrected chi connectivity index (χ4v) is 5.33. The minimum absolute atomic E-state index is 0.0271. The van der Waals surface area contributed by atoms with Gasteiger partial charge in [0.2, 0.25) is 15.9 Å². The number of aryl methyl sites for hydroxylation is 2. The van der Waals surface area contributed by atoms with Crippen molar-refractivity contribution in [3.05, 3.63) is 47.8 Å². The summed E-state index contributed by atoms with van der Waals surface area (Å²) in [4.78, 5) is 24.9. The molecule has 0 saturated carbocycles. The molecule has 1 aliphatic rings. The maximum Gasteiger partial charge on any atom is 0.354 e. The molecule has 1 aromatic heterocycles. The molecule has 0 radical (unpaired) electrons. The Morgan fingerprint density at radius 3 is 2.70 bits per heavy atom. The topological polar surface area (TPSA) is 97.7 Å². The van der Waals surface area contributed by atoms with Gasteiger partial charge in [0.25, 0.3) is 0 Å². The van der Waals surface area contributed by atoms with Gasteiger partial charge in [-0.05, 0) is 49.9 Å². The molecule has 1 saturated heterocycles. The van der Waals surface area contributed by atoms with Gasteiger partial charge in [0.05, 0.1) is 6.61 Å². The van der Waals surface area contributed by atoms with Crippen LogP contribution in [0.2, 0.25) is 0 Å². The average Bonchev–Trinajstić information content (AvgIpc) is 3.36. The van der Waals surface area contributed by atoms with Crippen LogP contribution < -0.4 is 5.32 Å². The first kappa shape index (κ1) is 22.0. The van der Waals surface area contributed by atoms with Crippen LogP contribution in [0, 0.1) is 0 Å². The molecule has 2 heterocycles. The molecule has 0 unspecified atom stereocenters. The molecular weight excluding hydrogens is 406 g/mol. The number of hydrogen-bond acceptors (Lipinski definition) is 5. The zero-order valence-electron chi connectivity index (χ0n) is 17.4. The fraction of sp³-hybridized carbons (Fsp3) is 0.429. The number of nitrogens with zero attached hydrogens (tertiary/aromatic N) is 2. The predicted molar refractivity (Wildman–Crippen MR) is 113 cm³/mol. The van der Waals surface area contributed by atoms with Crippen molar-refractivity contribution < 1.29 is 22.7 Å². The highest BCUT2D eigenvalue weighted by Crippen LogP contribution is 2.28. The lowest BCUT2D eigenvalue weighted by atomic mass is 10.1. The van der Waals surface area contributed by atoms with Gasteiger partial charge in [-0.1, -0.05) is 19.1 Å². The summed E-state index contributed by atoms with van der Waals surface area (Å²) in [5, 5.41) is 2.84. The summed E-state index contributed by atoms with van der Waals surface area (Å²) in [6, 6.07) is 8.00. The van der Waals surface area contributed by atoms with Gasteiger partial charge in [0, 0.05) is 25.5 Å². The molecule has 2 aromatic rings. The van der Waals surface area contributed by atoms with E-state index in [0.717, 1.165) is 12.0 Å². The Balaban J connectivity index is 1.82. The Bertz CT molecular complexity index is 1040. The maximum atomic E-state index is 13.2. The van der Waals surface area contributed by atoms with Gasteiger partial charge in [0.15, 0.2) is 0 Å². The van der Waals surface area contributed by atoms with Crippen molar-refractivity contribution in [1.82, 2.24) is 8.87 Å². The van der Waals surface area contributed by atoms with Gasteiger partial charge in [-0.25, -0.2) is 13.2 Å². The highest BCUT2D eigenvalue weighted by Gasteiger charge is 2.40. The number of sulfonamides is 1. The number of rotatable bonds is 7. The van der Waals surface area contributed by atoms with Crippen molar-refractivity contribution in [2.75, 3.05) is 18.5 Å². The summed E-state index contributed by atoms with van der Waals surface area (Å²) < 4.78 is 34.1. The van der Waals surface area contributed by atoms with Crippen molar-refractivity contribution in [1.29, 1.82) is 0 Å². The molecule has 1 aromatic carbocycles. The lowest BCUT2D eigenvalue weighted by molar-refractivity contribution is -0.119. The Kier molecular flexibility index (Phi) is 6.62. The molecule has 3 rings (SSSR count). The molecule has 162 valence electrons. The van der Waals surface area contributed by atoms with Gasteiger partial charge >= 0.3 is 5.97 Å². The highest BCUT2D eigenvalue weighted by atomic mass is 32.2. The minimum atomic E-state index is -3.94. The summed E-state index contributed by atoms with van der Waals surface area (Å²) in [5.74, 6) is -0.946. The second-order valence-corrected chi connectivity index (χ2v) is 9.10. The van der Waals surface area contributed by atoms with Crippen molar-refractivity contribution in [3.63, 3.8) is 0 Å². The molecule has 0 bridgehead atoms. The molecule has 1 aliphatic heterocycles. The van der Waals surface area contributed by atoms with E-state index in [4.69, 9.17) is 4.74 Å². The van der Waals surface area contributed by atoms with Crippen LogP contribution in [0.15, 0.2) is 41.4 Å². The van der Waals surface area contributed by atoms with E-state index in [1.807, 2.05) is 25.1 Å². The van der Waals surface area contributed by atoms with Crippen LogP contribution in [-0.2, 0) is 33.0 Å². The van der Waals surface area contributed by atoms with Crippen molar-refractivity contribution >= 4 is 27.6 Å². The summed E-state index contributed by atoms with van der Waals surface area (Å²) in [6.45, 7) is 4.15. The van der Waals surface area contributed by atoms with Crippen LogP contribution in [0.1, 0.15) is 42.7 Å². The number of nitrogens with one attached hydrogen (secondary N) is 1. The first-order valence-corrected chi connectivity index (χ1v) is 11.5. The second-order valence-electron chi connectivity index (χ2n) is 7.21. The van der Waals surface area contributed by atoms with Crippen LogP contribution in [0.25, 0.3) is 0 Å². The molecule has 1 amide bonds. The molecule has 9 heteroatoms. The first-order valence-electron chi connectivity index (χ1n) is 10.0. The van der Waals surface area contributed by atoms with E-state index < -0.39 is 22.0 Å².